The van der Waals surface area contributed by atoms with E-state index < -0.39 is 0 Å². The maximum absolute atomic E-state index is 5.60. The predicted molar refractivity (Wildman–Crippen MR) is 67.8 cm³/mol. The van der Waals surface area contributed by atoms with E-state index in [9.17, 15) is 0 Å². The van der Waals surface area contributed by atoms with Crippen LogP contribution in [-0.4, -0.2) is 25.3 Å². The Kier molecular flexibility index (Phi) is 8.49. The van der Waals surface area contributed by atoms with Gasteiger partial charge in [0.05, 0.1) is 6.61 Å². The molecule has 0 aliphatic heterocycles. The molecule has 0 radical (unpaired) electrons. The molecule has 1 aliphatic rings. The first-order chi connectivity index (χ1) is 6.68. The van der Waals surface area contributed by atoms with Crippen molar-refractivity contribution in [3.63, 3.8) is 0 Å². The van der Waals surface area contributed by atoms with Crippen molar-refractivity contribution >= 4 is 12.4 Å². The quantitative estimate of drug-likeness (QED) is 0.764. The Hall–Kier alpha value is 0.210. The topological polar surface area (TPSA) is 21.3 Å². The molecule has 1 unspecified atom stereocenters. The highest BCUT2D eigenvalue weighted by molar-refractivity contribution is 5.85. The lowest BCUT2D eigenvalue weighted by Gasteiger charge is -2.19. The van der Waals surface area contributed by atoms with Gasteiger partial charge in [-0.1, -0.05) is 26.7 Å². The van der Waals surface area contributed by atoms with Crippen LogP contribution in [0.4, 0.5) is 0 Å². The third-order valence-electron chi connectivity index (χ3n) is 2.69. The first kappa shape index (κ1) is 15.2. The van der Waals surface area contributed by atoms with Crippen LogP contribution in [-0.2, 0) is 4.74 Å². The van der Waals surface area contributed by atoms with E-state index in [1.54, 1.807) is 0 Å². The monoisotopic (exact) mass is 235 g/mol. The smallest absolute Gasteiger partial charge is 0.0617 e. The van der Waals surface area contributed by atoms with Gasteiger partial charge in [0.2, 0.25) is 0 Å². The lowest BCUT2D eigenvalue weighted by Crippen LogP contribution is -2.37. The predicted octanol–water partition coefficient (Wildman–Crippen LogP) is 3.00. The van der Waals surface area contributed by atoms with Crippen LogP contribution in [0.2, 0.25) is 0 Å². The molecule has 1 aliphatic carbocycles. The van der Waals surface area contributed by atoms with Crippen LogP contribution in [0, 0.1) is 5.92 Å². The summed E-state index contributed by atoms with van der Waals surface area (Å²) in [6.45, 7) is 8.34. The van der Waals surface area contributed by atoms with E-state index in [0.717, 1.165) is 19.3 Å². The van der Waals surface area contributed by atoms with Gasteiger partial charge in [-0.05, 0) is 25.7 Å². The second-order valence-electron chi connectivity index (χ2n) is 4.98. The Bertz CT molecular complexity index is 147. The van der Waals surface area contributed by atoms with Gasteiger partial charge in [-0.3, -0.25) is 0 Å². The van der Waals surface area contributed by atoms with E-state index >= 15 is 0 Å². The van der Waals surface area contributed by atoms with Crippen molar-refractivity contribution in [3.05, 3.63) is 0 Å². The minimum absolute atomic E-state index is 0. The molecule has 0 bridgehead atoms. The molecule has 0 aromatic heterocycles. The van der Waals surface area contributed by atoms with Gasteiger partial charge in [-0.2, -0.15) is 0 Å². The molecule has 0 aromatic rings. The second kappa shape index (κ2) is 8.37. The minimum Gasteiger partial charge on any atom is -0.380 e. The molecule has 1 atom stereocenters. The summed E-state index contributed by atoms with van der Waals surface area (Å²) in [5.74, 6) is 0.647. The summed E-state index contributed by atoms with van der Waals surface area (Å²) in [6.07, 6.45) is 5.51. The van der Waals surface area contributed by atoms with Crippen molar-refractivity contribution in [2.75, 3.05) is 13.2 Å². The zero-order valence-corrected chi connectivity index (χ0v) is 11.1. The van der Waals surface area contributed by atoms with Gasteiger partial charge in [0.1, 0.15) is 0 Å². The van der Waals surface area contributed by atoms with Crippen LogP contribution in [0.5, 0.6) is 0 Å². The molecule has 1 fully saturated rings. The van der Waals surface area contributed by atoms with E-state index in [1.807, 2.05) is 0 Å². The van der Waals surface area contributed by atoms with E-state index in [0.29, 0.717) is 12.0 Å². The Morgan fingerprint density at radius 1 is 1.13 bits per heavy atom. The SMILES string of the molecule is CC(C)COCC(C)NC1CCCC1.Cl. The van der Waals surface area contributed by atoms with Crippen LogP contribution in [0.1, 0.15) is 46.5 Å². The Morgan fingerprint density at radius 2 is 1.73 bits per heavy atom. The molecule has 1 N–H and O–H groups in total. The molecule has 1 rings (SSSR count). The number of hydrogen-bond acceptors (Lipinski definition) is 2. The fourth-order valence-electron chi connectivity index (χ4n) is 2.02. The molecule has 2 nitrogen and oxygen atoms in total. The molecule has 15 heavy (non-hydrogen) atoms. The van der Waals surface area contributed by atoms with Crippen LogP contribution < -0.4 is 5.32 Å². The molecule has 92 valence electrons. The number of hydrogen-bond donors (Lipinski definition) is 1. The third-order valence-corrected chi connectivity index (χ3v) is 2.69. The van der Waals surface area contributed by atoms with Crippen molar-refractivity contribution in [3.8, 4) is 0 Å². The highest BCUT2D eigenvalue weighted by atomic mass is 35.5. The molecule has 3 heteroatoms. The fraction of sp³-hybridized carbons (Fsp3) is 1.00. The van der Waals surface area contributed by atoms with E-state index in [-0.39, 0.29) is 12.4 Å². The van der Waals surface area contributed by atoms with Crippen LogP contribution in [0.15, 0.2) is 0 Å². The van der Waals surface area contributed by atoms with Crippen LogP contribution >= 0.6 is 12.4 Å². The van der Waals surface area contributed by atoms with Gasteiger partial charge in [0, 0.05) is 18.7 Å². The molecule has 0 saturated heterocycles. The van der Waals surface area contributed by atoms with Gasteiger partial charge in [0.25, 0.3) is 0 Å². The lowest BCUT2D eigenvalue weighted by atomic mass is 10.2. The molecular formula is C12H26ClNO. The molecular weight excluding hydrogens is 210 g/mol. The summed E-state index contributed by atoms with van der Waals surface area (Å²) >= 11 is 0. The summed E-state index contributed by atoms with van der Waals surface area (Å²) in [5.41, 5.74) is 0. The summed E-state index contributed by atoms with van der Waals surface area (Å²) in [6, 6.07) is 1.27. The highest BCUT2D eigenvalue weighted by Gasteiger charge is 2.16. The third kappa shape index (κ3) is 7.15. The largest absolute Gasteiger partial charge is 0.380 e. The average Bonchev–Trinajstić information content (AvgIpc) is 2.56. The molecule has 0 heterocycles. The molecule has 0 aromatic carbocycles. The zero-order valence-electron chi connectivity index (χ0n) is 10.3. The van der Waals surface area contributed by atoms with Gasteiger partial charge < -0.3 is 10.1 Å². The summed E-state index contributed by atoms with van der Waals surface area (Å²) in [5, 5.41) is 3.63. The summed E-state index contributed by atoms with van der Waals surface area (Å²) < 4.78 is 5.60. The van der Waals surface area contributed by atoms with Crippen LogP contribution in [0.25, 0.3) is 0 Å². The maximum Gasteiger partial charge on any atom is 0.0617 e. The van der Waals surface area contributed by atoms with Gasteiger partial charge in [0.15, 0.2) is 0 Å². The minimum atomic E-state index is 0. The van der Waals surface area contributed by atoms with Crippen molar-refractivity contribution in [1.82, 2.24) is 5.32 Å². The first-order valence-corrected chi connectivity index (χ1v) is 6.02. The molecule has 0 amide bonds. The van der Waals surface area contributed by atoms with Gasteiger partial charge in [-0.25, -0.2) is 0 Å². The first-order valence-electron chi connectivity index (χ1n) is 6.02. The Balaban J connectivity index is 0.00000196. The van der Waals surface area contributed by atoms with E-state index in [1.165, 1.54) is 25.7 Å². The van der Waals surface area contributed by atoms with Crippen molar-refractivity contribution in [2.45, 2.75) is 58.5 Å². The normalized spacial score (nSPS) is 19.2. The summed E-state index contributed by atoms with van der Waals surface area (Å²) in [7, 11) is 0. The van der Waals surface area contributed by atoms with Crippen molar-refractivity contribution < 1.29 is 4.74 Å². The van der Waals surface area contributed by atoms with Crippen molar-refractivity contribution in [2.24, 2.45) is 5.92 Å². The van der Waals surface area contributed by atoms with E-state index in [4.69, 9.17) is 4.74 Å². The van der Waals surface area contributed by atoms with Crippen LogP contribution in [0.3, 0.4) is 0 Å². The fourth-order valence-corrected chi connectivity index (χ4v) is 2.02. The number of nitrogens with one attached hydrogen (secondary N) is 1. The van der Waals surface area contributed by atoms with Gasteiger partial charge in [-0.15, -0.1) is 12.4 Å². The van der Waals surface area contributed by atoms with Crippen molar-refractivity contribution in [1.29, 1.82) is 0 Å². The number of rotatable bonds is 6. The Morgan fingerprint density at radius 3 is 2.27 bits per heavy atom. The summed E-state index contributed by atoms with van der Waals surface area (Å²) in [4.78, 5) is 0. The maximum atomic E-state index is 5.60. The number of halogens is 1. The second-order valence-corrected chi connectivity index (χ2v) is 4.98. The highest BCUT2D eigenvalue weighted by Crippen LogP contribution is 2.18. The van der Waals surface area contributed by atoms with Gasteiger partial charge >= 0.3 is 0 Å². The zero-order chi connectivity index (χ0) is 10.4. The standard InChI is InChI=1S/C12H25NO.ClH/c1-10(2)8-14-9-11(3)13-12-6-4-5-7-12;/h10-13H,4-9H2,1-3H3;1H. The van der Waals surface area contributed by atoms with E-state index in [2.05, 4.69) is 26.1 Å². The lowest BCUT2D eigenvalue weighted by molar-refractivity contribution is 0.0911. The molecule has 1 saturated carbocycles. The Labute approximate surface area is 101 Å². The molecule has 0 spiro atoms. The average molecular weight is 236 g/mol. The number of ether oxygens (including phenoxy) is 1.